The van der Waals surface area contributed by atoms with E-state index < -0.39 is 15.6 Å². The van der Waals surface area contributed by atoms with E-state index in [9.17, 15) is 13.2 Å². The lowest BCUT2D eigenvalue weighted by atomic mass is 10.1. The highest BCUT2D eigenvalue weighted by molar-refractivity contribution is 7.89. The standard InChI is InChI=1S/C19H29N3O3S/c1-14-7-8-16(26(24,25)20-19(2,3)4)12-17(14)18(23)22-11-10-21-9-5-6-15(21)13-22/h7-8,12,15,20H,5-6,9-11,13H2,1-4H3. The van der Waals surface area contributed by atoms with Crippen molar-refractivity contribution in [1.29, 1.82) is 0 Å². The molecule has 2 aliphatic rings. The number of piperazine rings is 1. The van der Waals surface area contributed by atoms with Crippen LogP contribution in [0.1, 0.15) is 49.5 Å². The lowest BCUT2D eigenvalue weighted by Gasteiger charge is -2.37. The molecule has 1 atom stereocenters. The molecule has 2 fully saturated rings. The summed E-state index contributed by atoms with van der Waals surface area (Å²) < 4.78 is 27.9. The fraction of sp³-hybridized carbons (Fsp3) is 0.632. The molecule has 0 saturated carbocycles. The molecular formula is C19H29N3O3S. The van der Waals surface area contributed by atoms with E-state index >= 15 is 0 Å². The van der Waals surface area contributed by atoms with Crippen LogP contribution < -0.4 is 4.72 Å². The molecule has 0 aromatic heterocycles. The van der Waals surface area contributed by atoms with Crippen LogP contribution in [0.25, 0.3) is 0 Å². The summed E-state index contributed by atoms with van der Waals surface area (Å²) in [6.45, 7) is 10.7. The number of nitrogens with zero attached hydrogens (tertiary/aromatic N) is 2. The molecule has 1 aromatic carbocycles. The van der Waals surface area contributed by atoms with Crippen LogP contribution in [0.2, 0.25) is 0 Å². The van der Waals surface area contributed by atoms with Gasteiger partial charge in [-0.05, 0) is 64.8 Å². The second kappa shape index (κ2) is 6.94. The molecule has 26 heavy (non-hydrogen) atoms. The van der Waals surface area contributed by atoms with E-state index in [0.29, 0.717) is 18.2 Å². The number of amides is 1. The van der Waals surface area contributed by atoms with Gasteiger partial charge in [0.2, 0.25) is 10.0 Å². The highest BCUT2D eigenvalue weighted by Gasteiger charge is 2.33. The molecule has 2 aliphatic heterocycles. The number of sulfonamides is 1. The van der Waals surface area contributed by atoms with E-state index in [-0.39, 0.29) is 10.8 Å². The van der Waals surface area contributed by atoms with Gasteiger partial charge in [-0.25, -0.2) is 13.1 Å². The van der Waals surface area contributed by atoms with E-state index in [4.69, 9.17) is 0 Å². The summed E-state index contributed by atoms with van der Waals surface area (Å²) in [6.07, 6.45) is 2.32. The number of carbonyl (C=O) groups excluding carboxylic acids is 1. The van der Waals surface area contributed by atoms with Crippen LogP contribution in [0.4, 0.5) is 0 Å². The Labute approximate surface area is 156 Å². The summed E-state index contributed by atoms with van der Waals surface area (Å²) in [6, 6.07) is 5.25. The summed E-state index contributed by atoms with van der Waals surface area (Å²) in [5, 5.41) is 0. The molecule has 3 rings (SSSR count). The van der Waals surface area contributed by atoms with Gasteiger partial charge in [0.15, 0.2) is 0 Å². The monoisotopic (exact) mass is 379 g/mol. The number of carbonyl (C=O) groups is 1. The topological polar surface area (TPSA) is 69.7 Å². The second-order valence-corrected chi connectivity index (χ2v) is 10.1. The van der Waals surface area contributed by atoms with Crippen molar-refractivity contribution in [1.82, 2.24) is 14.5 Å². The molecule has 1 N–H and O–H groups in total. The van der Waals surface area contributed by atoms with Crippen molar-refractivity contribution in [3.8, 4) is 0 Å². The van der Waals surface area contributed by atoms with Crippen LogP contribution >= 0.6 is 0 Å². The van der Waals surface area contributed by atoms with Gasteiger partial charge in [0.1, 0.15) is 0 Å². The Hall–Kier alpha value is -1.44. The van der Waals surface area contributed by atoms with Crippen molar-refractivity contribution < 1.29 is 13.2 Å². The summed E-state index contributed by atoms with van der Waals surface area (Å²) in [5.41, 5.74) is 0.707. The van der Waals surface area contributed by atoms with Crippen molar-refractivity contribution in [3.05, 3.63) is 29.3 Å². The summed E-state index contributed by atoms with van der Waals surface area (Å²) in [4.78, 5) is 17.5. The smallest absolute Gasteiger partial charge is 0.254 e. The van der Waals surface area contributed by atoms with Gasteiger partial charge >= 0.3 is 0 Å². The molecule has 2 heterocycles. The first-order valence-corrected chi connectivity index (χ1v) is 10.7. The van der Waals surface area contributed by atoms with Gasteiger partial charge in [-0.2, -0.15) is 0 Å². The number of hydrogen-bond donors (Lipinski definition) is 1. The number of aryl methyl sites for hydroxylation is 1. The van der Waals surface area contributed by atoms with Gasteiger partial charge in [0.05, 0.1) is 4.90 Å². The number of benzene rings is 1. The number of fused-ring (bicyclic) bond motifs is 1. The average Bonchev–Trinajstić information content (AvgIpc) is 2.99. The largest absolute Gasteiger partial charge is 0.336 e. The Morgan fingerprint density at radius 3 is 2.62 bits per heavy atom. The Balaban J connectivity index is 1.84. The third-order valence-electron chi connectivity index (χ3n) is 5.06. The maximum absolute atomic E-state index is 13.1. The second-order valence-electron chi connectivity index (χ2n) is 8.42. The van der Waals surface area contributed by atoms with Gasteiger partial charge in [-0.15, -0.1) is 0 Å². The first kappa shape index (κ1) is 19.3. The van der Waals surface area contributed by atoms with Crippen LogP contribution in [0.15, 0.2) is 23.1 Å². The van der Waals surface area contributed by atoms with E-state index in [0.717, 1.165) is 31.6 Å². The zero-order chi connectivity index (χ0) is 19.1. The molecule has 2 saturated heterocycles. The number of hydrogen-bond acceptors (Lipinski definition) is 4. The minimum atomic E-state index is -3.66. The first-order chi connectivity index (χ1) is 12.1. The van der Waals surface area contributed by atoms with Crippen LogP contribution in [0.5, 0.6) is 0 Å². The van der Waals surface area contributed by atoms with E-state index in [1.165, 1.54) is 12.5 Å². The predicted molar refractivity (Wildman–Crippen MR) is 102 cm³/mol. The zero-order valence-electron chi connectivity index (χ0n) is 16.1. The van der Waals surface area contributed by atoms with Gasteiger partial charge < -0.3 is 4.90 Å². The number of nitrogens with one attached hydrogen (secondary N) is 1. The molecule has 7 heteroatoms. The Bertz CT molecular complexity index is 799. The maximum Gasteiger partial charge on any atom is 0.254 e. The number of rotatable bonds is 3. The maximum atomic E-state index is 13.1. The molecule has 144 valence electrons. The van der Waals surface area contributed by atoms with Crippen molar-refractivity contribution >= 4 is 15.9 Å². The van der Waals surface area contributed by atoms with Gasteiger partial charge in [0, 0.05) is 36.8 Å². The van der Waals surface area contributed by atoms with Gasteiger partial charge in [-0.1, -0.05) is 6.07 Å². The fourth-order valence-corrected chi connectivity index (χ4v) is 5.25. The highest BCUT2D eigenvalue weighted by atomic mass is 32.2. The van der Waals surface area contributed by atoms with Crippen LogP contribution in [-0.2, 0) is 10.0 Å². The van der Waals surface area contributed by atoms with Gasteiger partial charge in [-0.3, -0.25) is 9.69 Å². The van der Waals surface area contributed by atoms with Crippen LogP contribution in [0, 0.1) is 6.92 Å². The molecule has 0 aliphatic carbocycles. The summed E-state index contributed by atoms with van der Waals surface area (Å²) >= 11 is 0. The molecule has 1 aromatic rings. The predicted octanol–water partition coefficient (Wildman–Crippen LogP) is 1.99. The minimum Gasteiger partial charge on any atom is -0.336 e. The third-order valence-corrected chi connectivity index (χ3v) is 6.82. The van der Waals surface area contributed by atoms with Crippen molar-refractivity contribution in [2.24, 2.45) is 0 Å². The van der Waals surface area contributed by atoms with E-state index in [1.54, 1.807) is 32.9 Å². The SMILES string of the molecule is Cc1ccc(S(=O)(=O)NC(C)(C)C)cc1C(=O)N1CCN2CCCC2C1. The highest BCUT2D eigenvalue weighted by Crippen LogP contribution is 2.24. The molecule has 6 nitrogen and oxygen atoms in total. The van der Waals surface area contributed by atoms with Crippen molar-refractivity contribution in [2.45, 2.75) is 57.0 Å². The van der Waals surface area contributed by atoms with Crippen LogP contribution in [0.3, 0.4) is 0 Å². The molecular weight excluding hydrogens is 350 g/mol. The van der Waals surface area contributed by atoms with Crippen LogP contribution in [-0.4, -0.2) is 61.9 Å². The third kappa shape index (κ3) is 4.10. The minimum absolute atomic E-state index is 0.0677. The Morgan fingerprint density at radius 2 is 1.92 bits per heavy atom. The average molecular weight is 380 g/mol. The van der Waals surface area contributed by atoms with E-state index in [2.05, 4.69) is 9.62 Å². The summed E-state index contributed by atoms with van der Waals surface area (Å²) in [7, 11) is -3.66. The Morgan fingerprint density at radius 1 is 1.19 bits per heavy atom. The quantitative estimate of drug-likeness (QED) is 0.872. The fourth-order valence-electron chi connectivity index (χ4n) is 3.81. The molecule has 0 bridgehead atoms. The van der Waals surface area contributed by atoms with Crippen molar-refractivity contribution in [3.63, 3.8) is 0 Å². The lowest BCUT2D eigenvalue weighted by Crippen LogP contribution is -2.52. The Kier molecular flexibility index (Phi) is 5.16. The van der Waals surface area contributed by atoms with E-state index in [1.807, 2.05) is 11.8 Å². The summed E-state index contributed by atoms with van der Waals surface area (Å²) in [5.74, 6) is -0.0677. The molecule has 0 spiro atoms. The van der Waals surface area contributed by atoms with Crippen molar-refractivity contribution in [2.75, 3.05) is 26.2 Å². The molecule has 1 amide bonds. The lowest BCUT2D eigenvalue weighted by molar-refractivity contribution is 0.0570. The van der Waals surface area contributed by atoms with Gasteiger partial charge in [0.25, 0.3) is 5.91 Å². The zero-order valence-corrected chi connectivity index (χ0v) is 16.9. The molecule has 1 unspecified atom stereocenters. The first-order valence-electron chi connectivity index (χ1n) is 9.25. The normalized spacial score (nSPS) is 21.7. The molecule has 0 radical (unpaired) electrons.